The summed E-state index contributed by atoms with van der Waals surface area (Å²) in [5.41, 5.74) is 1.77. The quantitative estimate of drug-likeness (QED) is 0.472. The molecule has 0 spiro atoms. The van der Waals surface area contributed by atoms with Crippen molar-refractivity contribution in [1.29, 1.82) is 0 Å². The maximum Gasteiger partial charge on any atom is 0.261 e. The highest BCUT2D eigenvalue weighted by Crippen LogP contribution is 2.21. The first-order valence-electron chi connectivity index (χ1n) is 10.7. The molecule has 0 bridgehead atoms. The zero-order valence-corrected chi connectivity index (χ0v) is 19.8. The van der Waals surface area contributed by atoms with Crippen LogP contribution in [-0.4, -0.2) is 46.5 Å². The molecule has 0 saturated carbocycles. The molecule has 0 aliphatic heterocycles. The fourth-order valence-corrected chi connectivity index (χ4v) is 4.43. The lowest BCUT2D eigenvalue weighted by atomic mass is 10.1. The molecular weight excluding hydrogens is 438 g/mol. The first kappa shape index (κ1) is 24.3. The minimum absolute atomic E-state index is 0.0106. The number of rotatable bonds is 10. The number of ether oxygens (including phenoxy) is 1. The van der Waals surface area contributed by atoms with Crippen LogP contribution in [0.1, 0.15) is 28.9 Å². The van der Waals surface area contributed by atoms with Crippen LogP contribution in [0.15, 0.2) is 83.8 Å². The van der Waals surface area contributed by atoms with Crippen LogP contribution in [0.25, 0.3) is 0 Å². The highest BCUT2D eigenvalue weighted by atomic mass is 32.2. The van der Waals surface area contributed by atoms with Crippen molar-refractivity contribution in [2.24, 2.45) is 0 Å². The van der Waals surface area contributed by atoms with E-state index >= 15 is 0 Å². The number of carbonyl (C=O) groups is 1. The molecule has 0 unspecified atom stereocenters. The number of amides is 1. The zero-order valence-electron chi connectivity index (χ0n) is 19.0. The Hall–Kier alpha value is -3.36. The van der Waals surface area contributed by atoms with Crippen molar-refractivity contribution in [2.75, 3.05) is 32.0 Å². The molecule has 0 radical (unpaired) electrons. The fourth-order valence-electron chi connectivity index (χ4n) is 3.38. The second kappa shape index (κ2) is 11.0. The number of likely N-dealkylation sites (N-methyl/N-ethyl adjacent to an activating group) is 1. The summed E-state index contributed by atoms with van der Waals surface area (Å²) in [4.78, 5) is 14.9. The summed E-state index contributed by atoms with van der Waals surface area (Å²) in [6.45, 7) is 2.77. The second-order valence-corrected chi connectivity index (χ2v) is 9.37. The van der Waals surface area contributed by atoms with Crippen molar-refractivity contribution in [3.05, 3.63) is 90.0 Å². The van der Waals surface area contributed by atoms with Gasteiger partial charge in [-0.2, -0.15) is 0 Å². The monoisotopic (exact) mass is 467 g/mol. The van der Waals surface area contributed by atoms with Crippen LogP contribution >= 0.6 is 0 Å². The number of hydrogen-bond acceptors (Lipinski definition) is 5. The van der Waals surface area contributed by atoms with Crippen LogP contribution in [0.2, 0.25) is 0 Å². The molecule has 3 rings (SSSR count). The molecule has 3 aromatic carbocycles. The zero-order chi connectivity index (χ0) is 23.8. The van der Waals surface area contributed by atoms with Gasteiger partial charge in [0, 0.05) is 17.8 Å². The molecule has 1 atom stereocenters. The van der Waals surface area contributed by atoms with Crippen LogP contribution in [0.3, 0.4) is 0 Å². The highest BCUT2D eigenvalue weighted by Gasteiger charge is 2.17. The molecule has 33 heavy (non-hydrogen) atoms. The standard InChI is InChI=1S/C25H29N3O4S/c1-4-32-22-13-15-23(16-14-22)33(30,31)27-21-12-8-11-20(17-21)25(29)26-18-24(28(2)3)19-9-6-5-7-10-19/h5-17,24,27H,4,18H2,1-3H3,(H,26,29)/t24-/m1/s1. The first-order valence-corrected chi connectivity index (χ1v) is 12.1. The molecule has 3 aromatic rings. The van der Waals surface area contributed by atoms with E-state index in [0.717, 1.165) is 5.56 Å². The van der Waals surface area contributed by atoms with Gasteiger partial charge in [-0.3, -0.25) is 9.52 Å². The summed E-state index contributed by atoms with van der Waals surface area (Å²) in [6.07, 6.45) is 0. The number of carbonyl (C=O) groups excluding carboxylic acids is 1. The smallest absolute Gasteiger partial charge is 0.261 e. The SMILES string of the molecule is CCOc1ccc(S(=O)(=O)Nc2cccc(C(=O)NC[C@H](c3ccccc3)N(C)C)c2)cc1. The minimum Gasteiger partial charge on any atom is -0.494 e. The first-order chi connectivity index (χ1) is 15.8. The van der Waals surface area contributed by atoms with E-state index in [1.165, 1.54) is 18.2 Å². The molecule has 0 aromatic heterocycles. The number of hydrogen-bond donors (Lipinski definition) is 2. The van der Waals surface area contributed by atoms with Gasteiger partial charge in [0.15, 0.2) is 0 Å². The van der Waals surface area contributed by atoms with Gasteiger partial charge in [-0.1, -0.05) is 36.4 Å². The average molecular weight is 468 g/mol. The van der Waals surface area contributed by atoms with Gasteiger partial charge in [0.2, 0.25) is 0 Å². The second-order valence-electron chi connectivity index (χ2n) is 7.69. The van der Waals surface area contributed by atoms with E-state index in [1.54, 1.807) is 30.3 Å². The van der Waals surface area contributed by atoms with E-state index < -0.39 is 10.0 Å². The van der Waals surface area contributed by atoms with Crippen LogP contribution in [0.5, 0.6) is 5.75 Å². The predicted octanol–water partition coefficient (Wildman–Crippen LogP) is 3.92. The Labute approximate surface area is 195 Å². The lowest BCUT2D eigenvalue weighted by molar-refractivity contribution is 0.0942. The van der Waals surface area contributed by atoms with E-state index in [0.29, 0.717) is 30.2 Å². The molecule has 0 aliphatic carbocycles. The minimum atomic E-state index is -3.80. The molecule has 2 N–H and O–H groups in total. The van der Waals surface area contributed by atoms with Crippen molar-refractivity contribution in [1.82, 2.24) is 10.2 Å². The van der Waals surface area contributed by atoms with Crippen LogP contribution in [0.4, 0.5) is 5.69 Å². The van der Waals surface area contributed by atoms with Gasteiger partial charge in [0.05, 0.1) is 17.5 Å². The largest absolute Gasteiger partial charge is 0.494 e. The van der Waals surface area contributed by atoms with Gasteiger partial charge in [-0.05, 0) is 69.0 Å². The Kier molecular flexibility index (Phi) is 8.08. The van der Waals surface area contributed by atoms with Gasteiger partial charge in [-0.25, -0.2) is 8.42 Å². The molecule has 0 saturated heterocycles. The fraction of sp³-hybridized carbons (Fsp3) is 0.240. The third-order valence-corrected chi connectivity index (χ3v) is 6.48. The van der Waals surface area contributed by atoms with E-state index in [1.807, 2.05) is 56.3 Å². The van der Waals surface area contributed by atoms with Gasteiger partial charge in [-0.15, -0.1) is 0 Å². The molecule has 0 fully saturated rings. The molecule has 1 amide bonds. The summed E-state index contributed by atoms with van der Waals surface area (Å²) in [5.74, 6) is 0.321. The third-order valence-electron chi connectivity index (χ3n) is 5.09. The van der Waals surface area contributed by atoms with E-state index in [2.05, 4.69) is 10.0 Å². The average Bonchev–Trinajstić information content (AvgIpc) is 2.80. The Morgan fingerprint density at radius 3 is 2.30 bits per heavy atom. The molecule has 174 valence electrons. The lowest BCUT2D eigenvalue weighted by Gasteiger charge is -2.25. The predicted molar refractivity (Wildman–Crippen MR) is 130 cm³/mol. The number of anilines is 1. The van der Waals surface area contributed by atoms with Crippen LogP contribution in [-0.2, 0) is 10.0 Å². The Bertz CT molecular complexity index is 1160. The number of nitrogens with one attached hydrogen (secondary N) is 2. The van der Waals surface area contributed by atoms with E-state index in [4.69, 9.17) is 4.74 Å². The summed E-state index contributed by atoms with van der Waals surface area (Å²) < 4.78 is 33.4. The van der Waals surface area contributed by atoms with Crippen LogP contribution < -0.4 is 14.8 Å². The lowest BCUT2D eigenvalue weighted by Crippen LogP contribution is -2.34. The summed E-state index contributed by atoms with van der Waals surface area (Å²) in [7, 11) is 0.113. The van der Waals surface area contributed by atoms with Gasteiger partial charge >= 0.3 is 0 Å². The Morgan fingerprint density at radius 1 is 0.970 bits per heavy atom. The molecule has 0 aliphatic rings. The van der Waals surface area contributed by atoms with E-state index in [9.17, 15) is 13.2 Å². The normalized spacial score (nSPS) is 12.2. The molecule has 8 heteroatoms. The van der Waals surface area contributed by atoms with Crippen molar-refractivity contribution in [3.63, 3.8) is 0 Å². The molecular formula is C25H29N3O4S. The van der Waals surface area contributed by atoms with Crippen LogP contribution in [0, 0.1) is 0 Å². The van der Waals surface area contributed by atoms with Gasteiger partial charge < -0.3 is 15.0 Å². The third kappa shape index (κ3) is 6.57. The highest BCUT2D eigenvalue weighted by molar-refractivity contribution is 7.92. The van der Waals surface area contributed by atoms with Crippen molar-refractivity contribution >= 4 is 21.6 Å². The Balaban J connectivity index is 1.69. The van der Waals surface area contributed by atoms with Gasteiger partial charge in [0.1, 0.15) is 5.75 Å². The number of nitrogens with zero attached hydrogens (tertiary/aromatic N) is 1. The number of sulfonamides is 1. The van der Waals surface area contributed by atoms with E-state index in [-0.39, 0.29) is 16.8 Å². The van der Waals surface area contributed by atoms with Gasteiger partial charge in [0.25, 0.3) is 15.9 Å². The Morgan fingerprint density at radius 2 is 1.67 bits per heavy atom. The number of benzene rings is 3. The summed E-state index contributed by atoms with van der Waals surface area (Å²) >= 11 is 0. The molecule has 7 nitrogen and oxygen atoms in total. The topological polar surface area (TPSA) is 87.7 Å². The van der Waals surface area contributed by atoms with Crippen molar-refractivity contribution in [3.8, 4) is 5.75 Å². The maximum atomic E-state index is 12.8. The van der Waals surface area contributed by atoms with Crippen molar-refractivity contribution in [2.45, 2.75) is 17.9 Å². The summed E-state index contributed by atoms with van der Waals surface area (Å²) in [6, 6.07) is 22.5. The molecule has 0 heterocycles. The maximum absolute atomic E-state index is 12.8. The van der Waals surface area contributed by atoms with Crippen molar-refractivity contribution < 1.29 is 17.9 Å². The summed E-state index contributed by atoms with van der Waals surface area (Å²) in [5, 5.41) is 2.95.